The van der Waals surface area contributed by atoms with Crippen LogP contribution in [-0.4, -0.2) is 35.5 Å². The van der Waals surface area contributed by atoms with Crippen molar-refractivity contribution in [1.82, 2.24) is 5.17 Å². The summed E-state index contributed by atoms with van der Waals surface area (Å²) < 4.78 is 0. The van der Waals surface area contributed by atoms with Crippen LogP contribution in [0.15, 0.2) is 29.4 Å². The van der Waals surface area contributed by atoms with Crippen molar-refractivity contribution in [3.8, 4) is 0 Å². The van der Waals surface area contributed by atoms with E-state index < -0.39 is 0 Å². The van der Waals surface area contributed by atoms with Gasteiger partial charge in [-0.25, -0.2) is 4.84 Å². The summed E-state index contributed by atoms with van der Waals surface area (Å²) in [6, 6.07) is 7.27. The average Bonchev–Trinajstić information content (AvgIpc) is 2.39. The van der Waals surface area contributed by atoms with Crippen LogP contribution >= 0.6 is 23.4 Å². The van der Waals surface area contributed by atoms with E-state index in [1.807, 2.05) is 18.2 Å². The third-order valence-electron chi connectivity index (χ3n) is 2.06. The zero-order chi connectivity index (χ0) is 14.1. The van der Waals surface area contributed by atoms with Crippen LogP contribution in [0.2, 0.25) is 5.02 Å². The molecule has 0 bridgehead atoms. The van der Waals surface area contributed by atoms with Gasteiger partial charge in [-0.2, -0.15) is 16.9 Å². The number of hydrazone groups is 1. The second kappa shape index (κ2) is 8.79. The van der Waals surface area contributed by atoms with Crippen LogP contribution in [0, 0.1) is 5.41 Å². The van der Waals surface area contributed by atoms with Crippen LogP contribution in [0.3, 0.4) is 0 Å². The summed E-state index contributed by atoms with van der Waals surface area (Å²) in [4.78, 5) is 5.29. The van der Waals surface area contributed by atoms with Crippen LogP contribution < -0.4 is 5.73 Å². The second-order valence-electron chi connectivity index (χ2n) is 3.45. The Kier molecular flexibility index (Phi) is 7.32. The topological polar surface area (TPSA) is 74.7 Å². The summed E-state index contributed by atoms with van der Waals surface area (Å²) >= 11 is 7.74. The maximum Gasteiger partial charge on any atom is 0.236 e. The first-order chi connectivity index (χ1) is 9.15. The Labute approximate surface area is 122 Å². The lowest BCUT2D eigenvalue weighted by Gasteiger charge is -2.15. The number of nitrogens with one attached hydrogen (secondary N) is 1. The molecule has 104 valence electrons. The molecular weight excluding hydrogens is 284 g/mol. The second-order valence-corrected chi connectivity index (χ2v) is 5.26. The Hall–Kier alpha value is -1.24. The van der Waals surface area contributed by atoms with E-state index >= 15 is 0 Å². The lowest BCUT2D eigenvalue weighted by Crippen LogP contribution is -2.33. The molecule has 0 amide bonds. The van der Waals surface area contributed by atoms with Crippen LogP contribution in [0.25, 0.3) is 0 Å². The minimum atomic E-state index is -0.273. The molecule has 0 aliphatic rings. The largest absolute Gasteiger partial charge is 0.367 e. The number of benzene rings is 1. The van der Waals surface area contributed by atoms with Crippen molar-refractivity contribution < 1.29 is 4.84 Å². The number of nitrogens with two attached hydrogens (primary N) is 1. The highest BCUT2D eigenvalue weighted by Gasteiger charge is 2.05. The number of hydrogen-bond acceptors (Lipinski definition) is 4. The molecule has 1 aromatic carbocycles. The molecule has 1 aromatic rings. The van der Waals surface area contributed by atoms with Crippen molar-refractivity contribution in [3.05, 3.63) is 34.9 Å². The molecule has 0 heterocycles. The predicted octanol–water partition coefficient (Wildman–Crippen LogP) is 2.55. The number of halogens is 1. The van der Waals surface area contributed by atoms with E-state index in [1.165, 1.54) is 6.21 Å². The first kappa shape index (κ1) is 15.8. The Morgan fingerprint density at radius 1 is 1.58 bits per heavy atom. The van der Waals surface area contributed by atoms with E-state index in [2.05, 4.69) is 12.0 Å². The van der Waals surface area contributed by atoms with E-state index in [0.29, 0.717) is 11.6 Å². The van der Waals surface area contributed by atoms with Crippen LogP contribution in [-0.2, 0) is 4.84 Å². The summed E-state index contributed by atoms with van der Waals surface area (Å²) in [5.41, 5.74) is 6.12. The van der Waals surface area contributed by atoms with Crippen LogP contribution in [0.5, 0.6) is 0 Å². The molecule has 7 heteroatoms. The van der Waals surface area contributed by atoms with Crippen molar-refractivity contribution in [2.24, 2.45) is 10.8 Å². The summed E-state index contributed by atoms with van der Waals surface area (Å²) in [5.74, 6) is 1.57. The Bertz CT molecular complexity index is 441. The summed E-state index contributed by atoms with van der Waals surface area (Å²) in [6.07, 6.45) is 1.51. The highest BCUT2D eigenvalue weighted by Crippen LogP contribution is 2.12. The van der Waals surface area contributed by atoms with Gasteiger partial charge in [-0.1, -0.05) is 36.7 Å². The van der Waals surface area contributed by atoms with Gasteiger partial charge in [0.2, 0.25) is 5.96 Å². The standard InChI is InChI=1S/C12H17ClN4OS/c1-2-19-8-7-18-17(12(14)15)16-9-10-5-3-4-6-11(10)13/h3-6,9H,2,7-8H2,1H3,(H3,14,15)/b16-9+. The average molecular weight is 301 g/mol. The number of thioether (sulfide) groups is 1. The lowest BCUT2D eigenvalue weighted by molar-refractivity contribution is -0.0924. The normalized spacial score (nSPS) is 10.8. The van der Waals surface area contributed by atoms with Crippen LogP contribution in [0.4, 0.5) is 0 Å². The molecule has 3 N–H and O–H groups in total. The molecule has 0 unspecified atom stereocenters. The summed E-state index contributed by atoms with van der Waals surface area (Å²) in [5, 5.41) is 12.9. The van der Waals surface area contributed by atoms with E-state index in [-0.39, 0.29) is 5.96 Å². The van der Waals surface area contributed by atoms with E-state index in [4.69, 9.17) is 27.6 Å². The van der Waals surface area contributed by atoms with Gasteiger partial charge in [0.1, 0.15) is 0 Å². The molecule has 5 nitrogen and oxygen atoms in total. The molecule has 1 rings (SSSR count). The fourth-order valence-electron chi connectivity index (χ4n) is 1.19. The fourth-order valence-corrected chi connectivity index (χ4v) is 1.85. The lowest BCUT2D eigenvalue weighted by atomic mass is 10.2. The number of nitrogens with zero attached hydrogens (tertiary/aromatic N) is 2. The molecule has 0 saturated carbocycles. The van der Waals surface area contributed by atoms with Crippen molar-refractivity contribution in [3.63, 3.8) is 0 Å². The SMILES string of the molecule is CCSCCON(/N=C/c1ccccc1Cl)C(=N)N. The number of hydrogen-bond donors (Lipinski definition) is 2. The summed E-state index contributed by atoms with van der Waals surface area (Å²) in [6.45, 7) is 2.51. The molecule has 0 aliphatic carbocycles. The Balaban J connectivity index is 2.58. The molecule has 0 radical (unpaired) electrons. The smallest absolute Gasteiger partial charge is 0.236 e. The van der Waals surface area contributed by atoms with Crippen LogP contribution in [0.1, 0.15) is 12.5 Å². The number of rotatable bonds is 7. The molecule has 19 heavy (non-hydrogen) atoms. The molecule has 0 atom stereocenters. The zero-order valence-corrected chi connectivity index (χ0v) is 12.2. The maximum atomic E-state index is 7.38. The third-order valence-corrected chi connectivity index (χ3v) is 3.27. The first-order valence-electron chi connectivity index (χ1n) is 5.78. The van der Waals surface area contributed by atoms with Crippen molar-refractivity contribution >= 4 is 35.5 Å². The minimum absolute atomic E-state index is 0.273. The molecule has 0 saturated heterocycles. The highest BCUT2D eigenvalue weighted by atomic mass is 35.5. The predicted molar refractivity (Wildman–Crippen MR) is 81.8 cm³/mol. The van der Waals surface area contributed by atoms with Gasteiger partial charge in [-0.05, 0) is 11.8 Å². The van der Waals surface area contributed by atoms with Gasteiger partial charge in [0.25, 0.3) is 0 Å². The van der Waals surface area contributed by atoms with E-state index in [1.54, 1.807) is 17.8 Å². The Morgan fingerprint density at radius 2 is 2.32 bits per heavy atom. The number of hydroxylamine groups is 1. The summed E-state index contributed by atoms with van der Waals surface area (Å²) in [7, 11) is 0. The monoisotopic (exact) mass is 300 g/mol. The number of guanidine groups is 1. The highest BCUT2D eigenvalue weighted by molar-refractivity contribution is 7.99. The van der Waals surface area contributed by atoms with Crippen molar-refractivity contribution in [2.45, 2.75) is 6.92 Å². The molecule has 0 spiro atoms. The Morgan fingerprint density at radius 3 is 2.95 bits per heavy atom. The zero-order valence-electron chi connectivity index (χ0n) is 10.7. The van der Waals surface area contributed by atoms with E-state index in [9.17, 15) is 0 Å². The van der Waals surface area contributed by atoms with Gasteiger partial charge in [-0.3, -0.25) is 5.41 Å². The third kappa shape index (κ3) is 5.96. The maximum absolute atomic E-state index is 7.38. The molecule has 0 fully saturated rings. The van der Waals surface area contributed by atoms with Gasteiger partial charge < -0.3 is 5.73 Å². The minimum Gasteiger partial charge on any atom is -0.367 e. The first-order valence-corrected chi connectivity index (χ1v) is 7.31. The molecule has 0 aliphatic heterocycles. The van der Waals surface area contributed by atoms with Gasteiger partial charge in [0, 0.05) is 16.3 Å². The van der Waals surface area contributed by atoms with Crippen molar-refractivity contribution in [1.29, 1.82) is 5.41 Å². The van der Waals surface area contributed by atoms with Gasteiger partial charge in [0.15, 0.2) is 0 Å². The van der Waals surface area contributed by atoms with Gasteiger partial charge in [0.05, 0.1) is 12.8 Å². The molecular formula is C12H17ClN4OS. The van der Waals surface area contributed by atoms with E-state index in [0.717, 1.165) is 22.2 Å². The van der Waals surface area contributed by atoms with Gasteiger partial charge >= 0.3 is 0 Å². The quantitative estimate of drug-likeness (QED) is 0.351. The van der Waals surface area contributed by atoms with Crippen molar-refractivity contribution in [2.75, 3.05) is 18.1 Å². The fraction of sp³-hybridized carbons (Fsp3) is 0.333. The van der Waals surface area contributed by atoms with Gasteiger partial charge in [-0.15, -0.1) is 5.17 Å². The molecule has 0 aromatic heterocycles.